The zero-order valence-electron chi connectivity index (χ0n) is 16.2. The first-order chi connectivity index (χ1) is 12.4. The van der Waals surface area contributed by atoms with Gasteiger partial charge in [0.25, 0.3) is 5.91 Å². The summed E-state index contributed by atoms with van der Waals surface area (Å²) in [6.07, 6.45) is 0.817. The first-order valence-electron chi connectivity index (χ1n) is 9.17. The standard InChI is InChI=1S/C18H30N4O3S/c1-13(2)17-20-14(3)16(26-17)18(24)22-9-7-21(8-10-22)12-15(23)19-6-5-11-25-4/h13H,5-12H2,1-4H3,(H,19,23). The van der Waals surface area contributed by atoms with Gasteiger partial charge in [-0.05, 0) is 13.3 Å². The van der Waals surface area contributed by atoms with Gasteiger partial charge >= 0.3 is 0 Å². The second-order valence-corrected chi connectivity index (χ2v) is 7.92. The summed E-state index contributed by atoms with van der Waals surface area (Å²) in [4.78, 5) is 34.0. The Morgan fingerprint density at radius 3 is 2.54 bits per heavy atom. The summed E-state index contributed by atoms with van der Waals surface area (Å²) in [7, 11) is 1.65. The van der Waals surface area contributed by atoms with E-state index in [0.29, 0.717) is 51.8 Å². The van der Waals surface area contributed by atoms with Gasteiger partial charge in [-0.15, -0.1) is 11.3 Å². The van der Waals surface area contributed by atoms with Crippen LogP contribution in [0.4, 0.5) is 0 Å². The number of hydrogen-bond donors (Lipinski definition) is 1. The quantitative estimate of drug-likeness (QED) is 0.690. The van der Waals surface area contributed by atoms with Crippen molar-refractivity contribution in [2.24, 2.45) is 0 Å². The molecule has 1 aromatic rings. The molecular formula is C18H30N4O3S. The van der Waals surface area contributed by atoms with Crippen molar-refractivity contribution in [3.63, 3.8) is 0 Å². The lowest BCUT2D eigenvalue weighted by Gasteiger charge is -2.34. The minimum atomic E-state index is 0.0285. The van der Waals surface area contributed by atoms with Crippen LogP contribution in [-0.2, 0) is 9.53 Å². The number of methoxy groups -OCH3 is 1. The highest BCUT2D eigenvalue weighted by Gasteiger charge is 2.26. The van der Waals surface area contributed by atoms with Gasteiger partial charge in [-0.1, -0.05) is 13.8 Å². The van der Waals surface area contributed by atoms with E-state index in [4.69, 9.17) is 4.74 Å². The SMILES string of the molecule is COCCCNC(=O)CN1CCN(C(=O)c2sc(C(C)C)nc2C)CC1. The molecule has 0 bridgehead atoms. The maximum absolute atomic E-state index is 12.8. The van der Waals surface area contributed by atoms with Crippen molar-refractivity contribution in [2.45, 2.75) is 33.1 Å². The van der Waals surface area contributed by atoms with Gasteiger partial charge in [0.2, 0.25) is 5.91 Å². The second-order valence-electron chi connectivity index (χ2n) is 6.89. The predicted molar refractivity (Wildman–Crippen MR) is 103 cm³/mol. The summed E-state index contributed by atoms with van der Waals surface area (Å²) in [5.41, 5.74) is 0.821. The van der Waals surface area contributed by atoms with Crippen LogP contribution in [0.2, 0.25) is 0 Å². The third-order valence-corrected chi connectivity index (χ3v) is 5.82. The molecule has 0 radical (unpaired) electrons. The van der Waals surface area contributed by atoms with Gasteiger partial charge in [0.05, 0.1) is 17.2 Å². The van der Waals surface area contributed by atoms with Crippen LogP contribution in [0.1, 0.15) is 46.6 Å². The van der Waals surface area contributed by atoms with Crippen LogP contribution in [0.15, 0.2) is 0 Å². The van der Waals surface area contributed by atoms with Gasteiger partial charge in [-0.3, -0.25) is 14.5 Å². The Morgan fingerprint density at radius 1 is 1.27 bits per heavy atom. The third kappa shape index (κ3) is 5.75. The van der Waals surface area contributed by atoms with Crippen LogP contribution in [0, 0.1) is 6.92 Å². The highest BCUT2D eigenvalue weighted by atomic mass is 32.1. The van der Waals surface area contributed by atoms with Crippen molar-refractivity contribution in [1.82, 2.24) is 20.1 Å². The molecule has 26 heavy (non-hydrogen) atoms. The molecule has 146 valence electrons. The molecule has 1 aliphatic heterocycles. The van der Waals surface area contributed by atoms with E-state index in [1.807, 2.05) is 11.8 Å². The number of piperazine rings is 1. The lowest BCUT2D eigenvalue weighted by atomic mass is 10.2. The third-order valence-electron chi connectivity index (χ3n) is 4.38. The number of aryl methyl sites for hydroxylation is 1. The van der Waals surface area contributed by atoms with E-state index in [1.165, 1.54) is 11.3 Å². The molecule has 0 aromatic carbocycles. The topological polar surface area (TPSA) is 74.8 Å². The molecule has 0 unspecified atom stereocenters. The monoisotopic (exact) mass is 382 g/mol. The van der Waals surface area contributed by atoms with Crippen LogP contribution < -0.4 is 5.32 Å². The molecule has 1 fully saturated rings. The lowest BCUT2D eigenvalue weighted by molar-refractivity contribution is -0.122. The molecule has 1 aromatic heterocycles. The molecule has 0 saturated carbocycles. The van der Waals surface area contributed by atoms with Gasteiger partial charge in [-0.25, -0.2) is 4.98 Å². The second kappa shape index (κ2) is 9.99. The van der Waals surface area contributed by atoms with E-state index in [2.05, 4.69) is 29.0 Å². The van der Waals surface area contributed by atoms with Crippen LogP contribution in [0.25, 0.3) is 0 Å². The van der Waals surface area contributed by atoms with Crippen molar-refractivity contribution in [2.75, 3.05) is 53.0 Å². The molecule has 1 saturated heterocycles. The fourth-order valence-electron chi connectivity index (χ4n) is 2.82. The minimum absolute atomic E-state index is 0.0285. The lowest BCUT2D eigenvalue weighted by Crippen LogP contribution is -2.51. The molecule has 1 N–H and O–H groups in total. The molecule has 0 aliphatic carbocycles. The summed E-state index contributed by atoms with van der Waals surface area (Å²) < 4.78 is 4.96. The summed E-state index contributed by atoms with van der Waals surface area (Å²) in [5, 5.41) is 3.91. The molecule has 8 heteroatoms. The Balaban J connectivity index is 1.79. The van der Waals surface area contributed by atoms with Crippen molar-refractivity contribution in [3.8, 4) is 0 Å². The number of carbonyl (C=O) groups excluding carboxylic acids is 2. The Kier molecular flexibility index (Phi) is 7.99. The van der Waals surface area contributed by atoms with E-state index in [9.17, 15) is 9.59 Å². The van der Waals surface area contributed by atoms with E-state index in [-0.39, 0.29) is 11.8 Å². The fourth-order valence-corrected chi connectivity index (χ4v) is 3.86. The molecular weight excluding hydrogens is 352 g/mol. The number of thiazole rings is 1. The Bertz CT molecular complexity index is 610. The summed E-state index contributed by atoms with van der Waals surface area (Å²) in [6, 6.07) is 0. The van der Waals surface area contributed by atoms with E-state index < -0.39 is 0 Å². The average molecular weight is 383 g/mol. The normalized spacial score (nSPS) is 15.5. The van der Waals surface area contributed by atoms with E-state index in [0.717, 1.165) is 22.0 Å². The molecule has 0 atom stereocenters. The largest absolute Gasteiger partial charge is 0.385 e. The zero-order chi connectivity index (χ0) is 19.1. The van der Waals surface area contributed by atoms with Crippen LogP contribution in [0.3, 0.4) is 0 Å². The summed E-state index contributed by atoms with van der Waals surface area (Å²) in [5.74, 6) is 0.427. The number of aromatic nitrogens is 1. The highest BCUT2D eigenvalue weighted by Crippen LogP contribution is 2.26. The maximum Gasteiger partial charge on any atom is 0.265 e. The van der Waals surface area contributed by atoms with Crippen molar-refractivity contribution in [1.29, 1.82) is 0 Å². The molecule has 2 amide bonds. The van der Waals surface area contributed by atoms with E-state index >= 15 is 0 Å². The van der Waals surface area contributed by atoms with Crippen LogP contribution in [-0.4, -0.2) is 79.6 Å². The molecule has 2 heterocycles. The number of nitrogens with one attached hydrogen (secondary N) is 1. The number of hydrogen-bond acceptors (Lipinski definition) is 6. The predicted octanol–water partition coefficient (Wildman–Crippen LogP) is 1.49. The smallest absolute Gasteiger partial charge is 0.265 e. The summed E-state index contributed by atoms with van der Waals surface area (Å²) in [6.45, 7) is 10.5. The Labute approximate surface area is 159 Å². The van der Waals surface area contributed by atoms with Crippen LogP contribution >= 0.6 is 11.3 Å². The van der Waals surface area contributed by atoms with Gasteiger partial charge < -0.3 is 15.0 Å². The van der Waals surface area contributed by atoms with Crippen LogP contribution in [0.5, 0.6) is 0 Å². The number of nitrogens with zero attached hydrogens (tertiary/aromatic N) is 3. The number of amides is 2. The molecule has 0 spiro atoms. The highest BCUT2D eigenvalue weighted by molar-refractivity contribution is 7.13. The Hall–Kier alpha value is -1.51. The summed E-state index contributed by atoms with van der Waals surface area (Å²) >= 11 is 1.50. The molecule has 1 aliphatic rings. The Morgan fingerprint density at radius 2 is 1.96 bits per heavy atom. The van der Waals surface area contributed by atoms with Gasteiger partial charge in [-0.2, -0.15) is 0 Å². The first kappa shape index (κ1) is 20.8. The number of rotatable bonds is 8. The number of carbonyl (C=O) groups is 2. The van der Waals surface area contributed by atoms with Gasteiger partial charge in [0.1, 0.15) is 4.88 Å². The number of ether oxygens (including phenoxy) is 1. The van der Waals surface area contributed by atoms with Gasteiger partial charge in [0, 0.05) is 52.4 Å². The first-order valence-corrected chi connectivity index (χ1v) is 9.98. The van der Waals surface area contributed by atoms with Gasteiger partial charge in [0.15, 0.2) is 0 Å². The van der Waals surface area contributed by atoms with E-state index in [1.54, 1.807) is 7.11 Å². The van der Waals surface area contributed by atoms with Crippen molar-refractivity contribution in [3.05, 3.63) is 15.6 Å². The molecule has 7 nitrogen and oxygen atoms in total. The molecule has 2 rings (SSSR count). The van der Waals surface area contributed by atoms with Crippen molar-refractivity contribution >= 4 is 23.2 Å². The van der Waals surface area contributed by atoms with Crippen molar-refractivity contribution < 1.29 is 14.3 Å². The fraction of sp³-hybridized carbons (Fsp3) is 0.722. The minimum Gasteiger partial charge on any atom is -0.385 e. The zero-order valence-corrected chi connectivity index (χ0v) is 17.0. The maximum atomic E-state index is 12.8. The average Bonchev–Trinajstić information content (AvgIpc) is 3.01.